The van der Waals surface area contributed by atoms with Crippen LogP contribution in [0.15, 0.2) is 58.7 Å². The third-order valence-corrected chi connectivity index (χ3v) is 5.63. The molecule has 4 rings (SSSR count). The molecule has 0 aliphatic heterocycles. The number of aryl methyl sites for hydroxylation is 1. The summed E-state index contributed by atoms with van der Waals surface area (Å²) >= 11 is 1.57. The van der Waals surface area contributed by atoms with Crippen LogP contribution in [-0.2, 0) is 13.2 Å². The summed E-state index contributed by atoms with van der Waals surface area (Å²) in [6.45, 7) is 4.87. The van der Waals surface area contributed by atoms with E-state index >= 15 is 0 Å². The number of carbonyl (C=O) groups excluding carboxylic acids is 1. The number of fused-ring (bicyclic) bond motifs is 1. The monoisotopic (exact) mass is 434 g/mol. The molecular weight excluding hydrogens is 412 g/mol. The van der Waals surface area contributed by atoms with Crippen molar-refractivity contribution < 1.29 is 9.53 Å². The van der Waals surface area contributed by atoms with Crippen LogP contribution in [0.4, 0.5) is 0 Å². The molecule has 0 saturated carbocycles. The van der Waals surface area contributed by atoms with E-state index in [9.17, 15) is 9.59 Å². The molecule has 8 heteroatoms. The second-order valence-corrected chi connectivity index (χ2v) is 8.09. The number of H-pyrrole nitrogens is 1. The van der Waals surface area contributed by atoms with Crippen LogP contribution in [0.5, 0.6) is 5.75 Å². The van der Waals surface area contributed by atoms with Gasteiger partial charge in [-0.2, -0.15) is 0 Å². The van der Waals surface area contributed by atoms with E-state index in [1.165, 1.54) is 0 Å². The highest BCUT2D eigenvalue weighted by molar-refractivity contribution is 7.09. The van der Waals surface area contributed by atoms with Gasteiger partial charge in [0.25, 0.3) is 11.5 Å². The second kappa shape index (κ2) is 9.09. The lowest BCUT2D eigenvalue weighted by molar-refractivity contribution is 0.0748. The smallest absolute Gasteiger partial charge is 0.258 e. The normalized spacial score (nSPS) is 10.9. The van der Waals surface area contributed by atoms with E-state index in [-0.39, 0.29) is 18.0 Å². The molecule has 2 heterocycles. The molecule has 4 aromatic rings. The number of ether oxygens (including phenoxy) is 1. The standard InChI is InChI=1S/C23H22N4O3S/c1-3-27(12-21-25-20-10-5-4-9-19(20)22(28)26-21)23(29)16-7-6-8-18(11-16)30-13-17-14-31-15(2)24-17/h4-11,14H,3,12-13H2,1-2H3,(H,25,26,28). The predicted molar refractivity (Wildman–Crippen MR) is 120 cm³/mol. The van der Waals surface area contributed by atoms with E-state index in [1.807, 2.05) is 31.4 Å². The van der Waals surface area contributed by atoms with E-state index in [0.717, 1.165) is 10.7 Å². The molecule has 7 nitrogen and oxygen atoms in total. The zero-order valence-corrected chi connectivity index (χ0v) is 18.1. The van der Waals surface area contributed by atoms with Crippen molar-refractivity contribution in [3.05, 3.63) is 86.4 Å². The molecule has 1 N–H and O–H groups in total. The Kier molecular flexibility index (Phi) is 6.08. The summed E-state index contributed by atoms with van der Waals surface area (Å²) in [4.78, 5) is 38.7. The maximum atomic E-state index is 13.1. The Morgan fingerprint density at radius 2 is 2.00 bits per heavy atom. The number of aromatic amines is 1. The molecule has 0 bridgehead atoms. The maximum absolute atomic E-state index is 13.1. The minimum atomic E-state index is -0.211. The molecule has 2 aromatic heterocycles. The van der Waals surface area contributed by atoms with Gasteiger partial charge in [0.15, 0.2) is 0 Å². The Balaban J connectivity index is 1.50. The molecule has 0 fully saturated rings. The van der Waals surface area contributed by atoms with E-state index < -0.39 is 0 Å². The van der Waals surface area contributed by atoms with Crippen molar-refractivity contribution in [3.8, 4) is 5.75 Å². The minimum absolute atomic E-state index is 0.159. The number of nitrogens with zero attached hydrogens (tertiary/aromatic N) is 3. The van der Waals surface area contributed by atoms with Gasteiger partial charge >= 0.3 is 0 Å². The Morgan fingerprint density at radius 3 is 2.77 bits per heavy atom. The number of nitrogens with one attached hydrogen (secondary N) is 1. The van der Waals surface area contributed by atoms with Gasteiger partial charge in [-0.1, -0.05) is 18.2 Å². The van der Waals surface area contributed by atoms with Gasteiger partial charge in [-0.05, 0) is 44.2 Å². The topological polar surface area (TPSA) is 88.2 Å². The quantitative estimate of drug-likeness (QED) is 0.476. The van der Waals surface area contributed by atoms with Crippen molar-refractivity contribution in [2.45, 2.75) is 27.0 Å². The first-order valence-electron chi connectivity index (χ1n) is 9.94. The molecule has 0 aliphatic carbocycles. The molecular formula is C23H22N4O3S. The lowest BCUT2D eigenvalue weighted by Crippen LogP contribution is -2.32. The predicted octanol–water partition coefficient (Wildman–Crippen LogP) is 3.93. The largest absolute Gasteiger partial charge is 0.487 e. The Morgan fingerprint density at radius 1 is 1.16 bits per heavy atom. The summed E-state index contributed by atoms with van der Waals surface area (Å²) in [5.41, 5.74) is 1.77. The number of hydrogen-bond acceptors (Lipinski definition) is 6. The fraction of sp³-hybridized carbons (Fsp3) is 0.217. The summed E-state index contributed by atoms with van der Waals surface area (Å²) < 4.78 is 5.81. The van der Waals surface area contributed by atoms with E-state index in [0.29, 0.717) is 41.2 Å². The summed E-state index contributed by atoms with van der Waals surface area (Å²) in [5.74, 6) is 0.892. The van der Waals surface area contributed by atoms with Gasteiger partial charge in [0.05, 0.1) is 28.1 Å². The SMILES string of the molecule is CCN(Cc1nc2ccccc2c(=O)[nH]1)C(=O)c1cccc(OCc2csc(C)n2)c1. The summed E-state index contributed by atoms with van der Waals surface area (Å²) in [5, 5.41) is 3.47. The number of rotatable bonds is 7. The van der Waals surface area contributed by atoms with Gasteiger partial charge in [0, 0.05) is 17.5 Å². The number of para-hydroxylation sites is 1. The highest BCUT2D eigenvalue weighted by Gasteiger charge is 2.17. The van der Waals surface area contributed by atoms with Gasteiger partial charge in [-0.15, -0.1) is 11.3 Å². The number of carbonyl (C=O) groups is 1. The van der Waals surface area contributed by atoms with Gasteiger partial charge in [0.1, 0.15) is 18.2 Å². The van der Waals surface area contributed by atoms with Crippen molar-refractivity contribution in [2.24, 2.45) is 0 Å². The highest BCUT2D eigenvalue weighted by atomic mass is 32.1. The first-order chi connectivity index (χ1) is 15.0. The van der Waals surface area contributed by atoms with Crippen LogP contribution >= 0.6 is 11.3 Å². The fourth-order valence-electron chi connectivity index (χ4n) is 3.25. The third-order valence-electron chi connectivity index (χ3n) is 4.81. The number of hydrogen-bond donors (Lipinski definition) is 1. The van der Waals surface area contributed by atoms with Crippen molar-refractivity contribution >= 4 is 28.1 Å². The molecule has 31 heavy (non-hydrogen) atoms. The van der Waals surface area contributed by atoms with Crippen molar-refractivity contribution in [1.82, 2.24) is 19.9 Å². The number of amides is 1. The third kappa shape index (κ3) is 4.80. The van der Waals surface area contributed by atoms with Gasteiger partial charge < -0.3 is 14.6 Å². The number of thiazole rings is 1. The summed E-state index contributed by atoms with van der Waals surface area (Å²) in [6.07, 6.45) is 0. The van der Waals surface area contributed by atoms with Crippen LogP contribution in [0.3, 0.4) is 0 Å². The molecule has 1 amide bonds. The highest BCUT2D eigenvalue weighted by Crippen LogP contribution is 2.18. The first-order valence-corrected chi connectivity index (χ1v) is 10.8. The van der Waals surface area contributed by atoms with Crippen LogP contribution in [0, 0.1) is 6.92 Å². The molecule has 0 unspecified atom stereocenters. The molecule has 0 saturated heterocycles. The summed E-state index contributed by atoms with van der Waals surface area (Å²) in [7, 11) is 0. The molecule has 0 aliphatic rings. The lowest BCUT2D eigenvalue weighted by atomic mass is 10.2. The van der Waals surface area contributed by atoms with Crippen molar-refractivity contribution in [1.29, 1.82) is 0 Å². The van der Waals surface area contributed by atoms with Crippen LogP contribution in [-0.4, -0.2) is 32.3 Å². The molecule has 0 atom stereocenters. The van der Waals surface area contributed by atoms with E-state index in [4.69, 9.17) is 4.74 Å². The van der Waals surface area contributed by atoms with Crippen LogP contribution in [0.25, 0.3) is 10.9 Å². The molecule has 0 radical (unpaired) electrons. The second-order valence-electron chi connectivity index (χ2n) is 7.02. The van der Waals surface area contributed by atoms with Crippen molar-refractivity contribution in [3.63, 3.8) is 0 Å². The average Bonchev–Trinajstić information content (AvgIpc) is 3.21. The minimum Gasteiger partial charge on any atom is -0.487 e. The zero-order chi connectivity index (χ0) is 21.8. The molecule has 158 valence electrons. The average molecular weight is 435 g/mol. The molecule has 2 aromatic carbocycles. The number of benzene rings is 2. The number of aromatic nitrogens is 3. The van der Waals surface area contributed by atoms with Gasteiger partial charge in [-0.25, -0.2) is 9.97 Å². The Bertz CT molecular complexity index is 1280. The zero-order valence-electron chi connectivity index (χ0n) is 17.3. The molecule has 0 spiro atoms. The van der Waals surface area contributed by atoms with Crippen molar-refractivity contribution in [2.75, 3.05) is 6.54 Å². The summed E-state index contributed by atoms with van der Waals surface area (Å²) in [6, 6.07) is 14.2. The van der Waals surface area contributed by atoms with E-state index in [1.54, 1.807) is 52.6 Å². The van der Waals surface area contributed by atoms with Gasteiger partial charge in [-0.3, -0.25) is 9.59 Å². The van der Waals surface area contributed by atoms with Gasteiger partial charge in [0.2, 0.25) is 0 Å². The Labute approximate surface area is 183 Å². The maximum Gasteiger partial charge on any atom is 0.258 e. The van der Waals surface area contributed by atoms with Crippen LogP contribution < -0.4 is 10.3 Å². The first kappa shape index (κ1) is 20.7. The lowest BCUT2D eigenvalue weighted by Gasteiger charge is -2.21. The fourth-order valence-corrected chi connectivity index (χ4v) is 3.85. The van der Waals surface area contributed by atoms with Crippen LogP contribution in [0.2, 0.25) is 0 Å². The Hall–Kier alpha value is -3.52. The van der Waals surface area contributed by atoms with E-state index in [2.05, 4.69) is 15.0 Å². The van der Waals surface area contributed by atoms with Crippen LogP contribution in [0.1, 0.15) is 33.8 Å².